The number of hydrogen-bond donors (Lipinski definition) is 1. The number of nitrogens with one attached hydrogen (secondary N) is 1. The van der Waals surface area contributed by atoms with Crippen LogP contribution in [-0.2, 0) is 21.8 Å². The summed E-state index contributed by atoms with van der Waals surface area (Å²) in [6, 6.07) is 15.2. The average molecular weight is 385 g/mol. The van der Waals surface area contributed by atoms with Gasteiger partial charge in [0.1, 0.15) is 10.6 Å². The molecule has 0 amide bonds. The molecule has 0 spiro atoms. The van der Waals surface area contributed by atoms with E-state index in [0.717, 1.165) is 0 Å². The molecule has 1 heterocycles. The number of aromatic nitrogens is 2. The van der Waals surface area contributed by atoms with Gasteiger partial charge in [-0.15, -0.1) is 0 Å². The van der Waals surface area contributed by atoms with Crippen molar-refractivity contribution in [3.8, 4) is 11.3 Å². The molecule has 140 valence electrons. The molecule has 0 aliphatic heterocycles. The Balaban J connectivity index is 1.89. The van der Waals surface area contributed by atoms with Gasteiger partial charge < -0.3 is 4.74 Å². The summed E-state index contributed by atoms with van der Waals surface area (Å²) in [4.78, 5) is 11.8. The maximum Gasteiger partial charge on any atom is 0.338 e. The summed E-state index contributed by atoms with van der Waals surface area (Å²) in [5, 5.41) is 4.28. The first-order valence-electron chi connectivity index (χ1n) is 8.30. The number of nitrogens with zero attached hydrogens (tertiary/aromatic N) is 2. The van der Waals surface area contributed by atoms with Crippen molar-refractivity contribution in [2.45, 2.75) is 11.8 Å². The van der Waals surface area contributed by atoms with Crippen molar-refractivity contribution in [1.29, 1.82) is 0 Å². The molecule has 0 fully saturated rings. The van der Waals surface area contributed by atoms with Crippen molar-refractivity contribution in [1.82, 2.24) is 9.78 Å². The number of sulfonamides is 1. The fourth-order valence-electron chi connectivity index (χ4n) is 2.56. The molecule has 0 radical (unpaired) electrons. The Kier molecular flexibility index (Phi) is 5.27. The normalized spacial score (nSPS) is 11.2. The topological polar surface area (TPSA) is 90.3 Å². The van der Waals surface area contributed by atoms with E-state index in [1.165, 1.54) is 35.1 Å². The molecule has 7 nitrogen and oxygen atoms in total. The highest BCUT2D eigenvalue weighted by atomic mass is 32.2. The first-order valence-corrected chi connectivity index (χ1v) is 9.78. The van der Waals surface area contributed by atoms with Gasteiger partial charge in [0.15, 0.2) is 0 Å². The van der Waals surface area contributed by atoms with Crippen molar-refractivity contribution in [2.24, 2.45) is 7.05 Å². The smallest absolute Gasteiger partial charge is 0.338 e. The Hall–Kier alpha value is -3.13. The zero-order valence-electron chi connectivity index (χ0n) is 14.9. The SMILES string of the molecule is CCOC(=O)c1ccc(NS(=O)(=O)c2cn(C)nc2-c2ccccc2)cc1. The lowest BCUT2D eigenvalue weighted by atomic mass is 10.2. The van der Waals surface area contributed by atoms with Crippen molar-refractivity contribution >= 4 is 21.7 Å². The Morgan fingerprint density at radius 3 is 2.41 bits per heavy atom. The zero-order valence-corrected chi connectivity index (χ0v) is 15.7. The number of esters is 1. The number of ether oxygens (including phenoxy) is 1. The summed E-state index contributed by atoms with van der Waals surface area (Å²) >= 11 is 0. The van der Waals surface area contributed by atoms with Crippen LogP contribution in [0.4, 0.5) is 5.69 Å². The number of hydrogen-bond acceptors (Lipinski definition) is 5. The van der Waals surface area contributed by atoms with E-state index >= 15 is 0 Å². The Labute approximate surface area is 157 Å². The fraction of sp³-hybridized carbons (Fsp3) is 0.158. The molecule has 0 aliphatic rings. The van der Waals surface area contributed by atoms with Crippen LogP contribution in [-0.4, -0.2) is 30.8 Å². The van der Waals surface area contributed by atoms with E-state index in [2.05, 4.69) is 9.82 Å². The lowest BCUT2D eigenvalue weighted by Crippen LogP contribution is -2.13. The largest absolute Gasteiger partial charge is 0.462 e. The van der Waals surface area contributed by atoms with Gasteiger partial charge in [0.2, 0.25) is 0 Å². The third kappa shape index (κ3) is 4.17. The highest BCUT2D eigenvalue weighted by Gasteiger charge is 2.23. The maximum atomic E-state index is 12.9. The second-order valence-corrected chi connectivity index (χ2v) is 7.44. The minimum absolute atomic E-state index is 0.0747. The van der Waals surface area contributed by atoms with Gasteiger partial charge in [0.05, 0.1) is 12.2 Å². The lowest BCUT2D eigenvalue weighted by molar-refractivity contribution is 0.0526. The van der Waals surface area contributed by atoms with Crippen molar-refractivity contribution in [2.75, 3.05) is 11.3 Å². The van der Waals surface area contributed by atoms with Gasteiger partial charge in [0, 0.05) is 24.5 Å². The van der Waals surface area contributed by atoms with E-state index in [1.54, 1.807) is 26.1 Å². The molecule has 3 aromatic rings. The van der Waals surface area contributed by atoms with E-state index < -0.39 is 16.0 Å². The van der Waals surface area contributed by atoms with Crippen LogP contribution in [0.3, 0.4) is 0 Å². The Morgan fingerprint density at radius 2 is 1.78 bits per heavy atom. The molecule has 0 bridgehead atoms. The number of rotatable bonds is 6. The minimum atomic E-state index is -3.86. The predicted octanol–water partition coefficient (Wildman–Crippen LogP) is 3.06. The molecule has 0 saturated heterocycles. The summed E-state index contributed by atoms with van der Waals surface area (Å²) in [6.07, 6.45) is 1.46. The summed E-state index contributed by atoms with van der Waals surface area (Å²) < 4.78 is 34.6. The quantitative estimate of drug-likeness (QED) is 0.659. The molecule has 0 saturated carbocycles. The summed E-state index contributed by atoms with van der Waals surface area (Å²) in [5.74, 6) is -0.453. The maximum absolute atomic E-state index is 12.9. The average Bonchev–Trinajstić information content (AvgIpc) is 3.06. The van der Waals surface area contributed by atoms with Gasteiger partial charge in [-0.2, -0.15) is 5.10 Å². The lowest BCUT2D eigenvalue weighted by Gasteiger charge is -2.09. The predicted molar refractivity (Wildman–Crippen MR) is 102 cm³/mol. The van der Waals surface area contributed by atoms with E-state index in [1.807, 2.05) is 18.2 Å². The second kappa shape index (κ2) is 7.63. The van der Waals surface area contributed by atoms with E-state index in [4.69, 9.17) is 4.74 Å². The van der Waals surface area contributed by atoms with Crippen LogP contribution in [0.5, 0.6) is 0 Å². The van der Waals surface area contributed by atoms with Crippen LogP contribution in [0.15, 0.2) is 65.7 Å². The Morgan fingerprint density at radius 1 is 1.11 bits per heavy atom. The molecule has 2 aromatic carbocycles. The van der Waals surface area contributed by atoms with Gasteiger partial charge in [-0.05, 0) is 31.2 Å². The fourth-order valence-corrected chi connectivity index (χ4v) is 3.82. The molecule has 8 heteroatoms. The van der Waals surface area contributed by atoms with Crippen molar-refractivity contribution < 1.29 is 17.9 Å². The third-order valence-electron chi connectivity index (χ3n) is 3.78. The van der Waals surface area contributed by atoms with E-state index in [-0.39, 0.29) is 11.5 Å². The number of benzene rings is 2. The Bertz CT molecular complexity index is 1040. The van der Waals surface area contributed by atoms with E-state index in [9.17, 15) is 13.2 Å². The first-order chi connectivity index (χ1) is 12.9. The van der Waals surface area contributed by atoms with Gasteiger partial charge in [-0.1, -0.05) is 30.3 Å². The van der Waals surface area contributed by atoms with Crippen LogP contribution in [0.2, 0.25) is 0 Å². The standard InChI is InChI=1S/C19H19N3O4S/c1-3-26-19(23)15-9-11-16(12-10-15)21-27(24,25)17-13-22(2)20-18(17)14-7-5-4-6-8-14/h4-13,21H,3H2,1-2H3. The molecular weight excluding hydrogens is 366 g/mol. The summed E-state index contributed by atoms with van der Waals surface area (Å²) in [6.45, 7) is 2.00. The number of aryl methyl sites for hydroxylation is 1. The highest BCUT2D eigenvalue weighted by Crippen LogP contribution is 2.27. The van der Waals surface area contributed by atoms with E-state index in [0.29, 0.717) is 22.5 Å². The van der Waals surface area contributed by atoms with Gasteiger partial charge in [-0.25, -0.2) is 13.2 Å². The first kappa shape index (κ1) is 18.7. The highest BCUT2D eigenvalue weighted by molar-refractivity contribution is 7.92. The second-order valence-electron chi connectivity index (χ2n) is 5.78. The van der Waals surface area contributed by atoms with Crippen LogP contribution in [0, 0.1) is 0 Å². The van der Waals surface area contributed by atoms with Gasteiger partial charge in [-0.3, -0.25) is 9.40 Å². The summed E-state index contributed by atoms with van der Waals surface area (Å²) in [5.41, 5.74) is 1.77. The van der Waals surface area contributed by atoms with Crippen molar-refractivity contribution in [3.63, 3.8) is 0 Å². The molecule has 0 unspecified atom stereocenters. The van der Waals surface area contributed by atoms with Gasteiger partial charge in [0.25, 0.3) is 10.0 Å². The zero-order chi connectivity index (χ0) is 19.4. The molecular formula is C19H19N3O4S. The monoisotopic (exact) mass is 385 g/mol. The summed E-state index contributed by atoms with van der Waals surface area (Å²) in [7, 11) is -2.20. The molecule has 27 heavy (non-hydrogen) atoms. The number of carbonyl (C=O) groups is 1. The minimum Gasteiger partial charge on any atom is -0.462 e. The van der Waals surface area contributed by atoms with Crippen LogP contribution in [0.25, 0.3) is 11.3 Å². The van der Waals surface area contributed by atoms with Gasteiger partial charge >= 0.3 is 5.97 Å². The third-order valence-corrected chi connectivity index (χ3v) is 5.16. The molecule has 1 N–H and O–H groups in total. The molecule has 0 atom stereocenters. The van der Waals surface area contributed by atoms with Crippen LogP contribution >= 0.6 is 0 Å². The number of anilines is 1. The number of carbonyl (C=O) groups excluding carboxylic acids is 1. The van der Waals surface area contributed by atoms with Crippen molar-refractivity contribution in [3.05, 3.63) is 66.4 Å². The molecule has 0 aliphatic carbocycles. The van der Waals surface area contributed by atoms with Crippen LogP contribution < -0.4 is 4.72 Å². The molecule has 1 aromatic heterocycles. The van der Waals surface area contributed by atoms with Crippen LogP contribution in [0.1, 0.15) is 17.3 Å². The molecule has 3 rings (SSSR count).